The second-order valence-corrected chi connectivity index (χ2v) is 10.1. The predicted molar refractivity (Wildman–Crippen MR) is 124 cm³/mol. The van der Waals surface area contributed by atoms with Gasteiger partial charge in [-0.15, -0.1) is 0 Å². The second kappa shape index (κ2) is 9.40. The first-order valence-corrected chi connectivity index (χ1v) is 12.2. The molecular formula is C23H25F2N5O2S. The molecule has 1 aliphatic rings. The zero-order valence-corrected chi connectivity index (χ0v) is 19.2. The molecule has 3 aromatic rings. The normalized spacial score (nSPS) is 15.0. The number of anilines is 3. The van der Waals surface area contributed by atoms with Crippen LogP contribution in [0.15, 0.2) is 48.5 Å². The lowest BCUT2D eigenvalue weighted by Gasteiger charge is -2.34. The highest BCUT2D eigenvalue weighted by molar-refractivity contribution is 7.88. The molecule has 0 saturated carbocycles. The molecule has 1 N–H and O–H groups in total. The van der Waals surface area contributed by atoms with Crippen LogP contribution in [0.4, 0.5) is 26.2 Å². The molecular weight excluding hydrogens is 448 g/mol. The SMILES string of the molecule is Cc1ccc(Nc2nc(C)cc(N3CCN(S(=O)(=O)Cc4cc(F)cc(F)c4)CC3)n2)cc1. The fourth-order valence-electron chi connectivity index (χ4n) is 3.73. The van der Waals surface area contributed by atoms with Crippen LogP contribution in [0.2, 0.25) is 0 Å². The lowest BCUT2D eigenvalue weighted by Crippen LogP contribution is -2.49. The number of hydrogen-bond acceptors (Lipinski definition) is 6. The number of nitrogens with one attached hydrogen (secondary N) is 1. The molecule has 0 amide bonds. The van der Waals surface area contributed by atoms with E-state index >= 15 is 0 Å². The van der Waals surface area contributed by atoms with Crippen molar-refractivity contribution < 1.29 is 17.2 Å². The molecule has 7 nitrogen and oxygen atoms in total. The maximum atomic E-state index is 13.4. The number of benzene rings is 2. The van der Waals surface area contributed by atoms with E-state index in [1.54, 1.807) is 0 Å². The van der Waals surface area contributed by atoms with Gasteiger partial charge in [-0.1, -0.05) is 17.7 Å². The van der Waals surface area contributed by atoms with Crippen LogP contribution in [-0.4, -0.2) is 48.9 Å². The van der Waals surface area contributed by atoms with Crippen molar-refractivity contribution in [2.75, 3.05) is 36.4 Å². The van der Waals surface area contributed by atoms with Crippen LogP contribution in [0.1, 0.15) is 16.8 Å². The van der Waals surface area contributed by atoms with Crippen molar-refractivity contribution in [3.05, 3.63) is 77.0 Å². The van der Waals surface area contributed by atoms with Crippen molar-refractivity contribution in [3.8, 4) is 0 Å². The first-order chi connectivity index (χ1) is 15.7. The average Bonchev–Trinajstić information content (AvgIpc) is 2.74. The first kappa shape index (κ1) is 23.1. The number of sulfonamides is 1. The summed E-state index contributed by atoms with van der Waals surface area (Å²) in [6.45, 7) is 5.29. The Balaban J connectivity index is 1.43. The Hall–Kier alpha value is -3.11. The van der Waals surface area contributed by atoms with Gasteiger partial charge in [0.25, 0.3) is 0 Å². The highest BCUT2D eigenvalue weighted by Gasteiger charge is 2.28. The maximum Gasteiger partial charge on any atom is 0.229 e. The number of halogens is 2. The van der Waals surface area contributed by atoms with Gasteiger partial charge in [-0.05, 0) is 43.7 Å². The van der Waals surface area contributed by atoms with Crippen molar-refractivity contribution in [2.24, 2.45) is 0 Å². The van der Waals surface area contributed by atoms with Gasteiger partial charge in [-0.25, -0.2) is 22.2 Å². The van der Waals surface area contributed by atoms with Crippen molar-refractivity contribution in [1.82, 2.24) is 14.3 Å². The van der Waals surface area contributed by atoms with E-state index in [0.717, 1.165) is 35.1 Å². The quantitative estimate of drug-likeness (QED) is 0.587. The van der Waals surface area contributed by atoms with E-state index < -0.39 is 27.4 Å². The summed E-state index contributed by atoms with van der Waals surface area (Å²) >= 11 is 0. The van der Waals surface area contributed by atoms with Crippen LogP contribution in [0.25, 0.3) is 0 Å². The van der Waals surface area contributed by atoms with E-state index in [9.17, 15) is 17.2 Å². The smallest absolute Gasteiger partial charge is 0.229 e. The zero-order chi connectivity index (χ0) is 23.6. The third kappa shape index (κ3) is 5.82. The van der Waals surface area contributed by atoms with E-state index in [4.69, 9.17) is 0 Å². The topological polar surface area (TPSA) is 78.4 Å². The minimum absolute atomic E-state index is 0.0909. The third-order valence-electron chi connectivity index (χ3n) is 5.38. The molecule has 1 aliphatic heterocycles. The van der Waals surface area contributed by atoms with Crippen LogP contribution in [0.5, 0.6) is 0 Å². The molecule has 0 atom stereocenters. The van der Waals surface area contributed by atoms with E-state index in [2.05, 4.69) is 15.3 Å². The number of rotatable bonds is 6. The molecule has 0 aliphatic carbocycles. The van der Waals surface area contributed by atoms with Crippen molar-refractivity contribution in [2.45, 2.75) is 19.6 Å². The molecule has 1 aromatic heterocycles. The maximum absolute atomic E-state index is 13.4. The number of aromatic nitrogens is 2. The van der Waals surface area contributed by atoms with Crippen LogP contribution in [0.3, 0.4) is 0 Å². The zero-order valence-electron chi connectivity index (χ0n) is 18.4. The van der Waals surface area contributed by atoms with Gasteiger partial charge in [0.2, 0.25) is 16.0 Å². The molecule has 2 heterocycles. The molecule has 0 spiro atoms. The molecule has 1 fully saturated rings. The Morgan fingerprint density at radius 2 is 1.55 bits per heavy atom. The summed E-state index contributed by atoms with van der Waals surface area (Å²) in [5.41, 5.74) is 2.91. The molecule has 1 saturated heterocycles. The lowest BCUT2D eigenvalue weighted by atomic mass is 10.2. The Bertz CT molecular complexity index is 1220. The summed E-state index contributed by atoms with van der Waals surface area (Å²) in [4.78, 5) is 11.0. The van der Waals surface area contributed by atoms with Crippen LogP contribution in [-0.2, 0) is 15.8 Å². The Morgan fingerprint density at radius 1 is 0.909 bits per heavy atom. The summed E-state index contributed by atoms with van der Waals surface area (Å²) in [6, 6.07) is 12.6. The largest absolute Gasteiger partial charge is 0.354 e. The standard InChI is InChI=1S/C23H25F2N5O2S/c1-16-3-5-21(6-4-16)27-23-26-17(2)11-22(28-23)29-7-9-30(10-8-29)33(31,32)15-18-12-19(24)14-20(25)13-18/h3-6,11-14H,7-10,15H2,1-2H3,(H,26,27,28). The minimum Gasteiger partial charge on any atom is -0.354 e. The van der Waals surface area contributed by atoms with Crippen molar-refractivity contribution in [1.29, 1.82) is 0 Å². The monoisotopic (exact) mass is 473 g/mol. The minimum atomic E-state index is -3.71. The van der Waals surface area contributed by atoms with E-state index in [-0.39, 0.29) is 18.7 Å². The highest BCUT2D eigenvalue weighted by atomic mass is 32.2. The van der Waals surface area contributed by atoms with Crippen LogP contribution < -0.4 is 10.2 Å². The summed E-state index contributed by atoms with van der Waals surface area (Å²) in [7, 11) is -3.71. The van der Waals surface area contributed by atoms with Gasteiger partial charge in [0.05, 0.1) is 5.75 Å². The average molecular weight is 474 g/mol. The highest BCUT2D eigenvalue weighted by Crippen LogP contribution is 2.22. The number of hydrogen-bond donors (Lipinski definition) is 1. The second-order valence-electron chi connectivity index (χ2n) is 8.10. The van der Waals surface area contributed by atoms with Gasteiger partial charge in [-0.2, -0.15) is 9.29 Å². The van der Waals surface area contributed by atoms with Crippen LogP contribution in [0, 0.1) is 25.5 Å². The Labute approximate surface area is 192 Å². The molecule has 174 valence electrons. The summed E-state index contributed by atoms with van der Waals surface area (Å²) in [6.07, 6.45) is 0. The predicted octanol–water partition coefficient (Wildman–Crippen LogP) is 3.77. The van der Waals surface area contributed by atoms with Gasteiger partial charge in [0, 0.05) is 49.7 Å². The first-order valence-electron chi connectivity index (χ1n) is 10.5. The molecule has 10 heteroatoms. The van der Waals surface area contributed by atoms with Crippen molar-refractivity contribution in [3.63, 3.8) is 0 Å². The Kier molecular flexibility index (Phi) is 6.57. The summed E-state index contributed by atoms with van der Waals surface area (Å²) in [5.74, 6) is -0.851. The number of aryl methyl sites for hydroxylation is 2. The number of nitrogens with zero attached hydrogens (tertiary/aromatic N) is 4. The van der Waals surface area contributed by atoms with Crippen LogP contribution >= 0.6 is 0 Å². The van der Waals surface area contributed by atoms with E-state index in [1.165, 1.54) is 4.31 Å². The fourth-order valence-corrected chi connectivity index (χ4v) is 5.22. The van der Waals surface area contributed by atoms with Gasteiger partial charge >= 0.3 is 0 Å². The van der Waals surface area contributed by atoms with Gasteiger partial charge in [0.15, 0.2) is 0 Å². The molecule has 0 bridgehead atoms. The summed E-state index contributed by atoms with van der Waals surface area (Å²) in [5, 5.41) is 3.20. The molecule has 0 radical (unpaired) electrons. The van der Waals surface area contributed by atoms with E-state index in [0.29, 0.717) is 24.9 Å². The lowest BCUT2D eigenvalue weighted by molar-refractivity contribution is 0.383. The van der Waals surface area contributed by atoms with Gasteiger partial charge < -0.3 is 10.2 Å². The molecule has 4 rings (SSSR count). The van der Waals surface area contributed by atoms with E-state index in [1.807, 2.05) is 49.1 Å². The van der Waals surface area contributed by atoms with Gasteiger partial charge in [-0.3, -0.25) is 0 Å². The Morgan fingerprint density at radius 3 is 2.18 bits per heavy atom. The fraction of sp³-hybridized carbons (Fsp3) is 0.304. The number of piperazine rings is 1. The van der Waals surface area contributed by atoms with Crippen molar-refractivity contribution >= 4 is 27.5 Å². The third-order valence-corrected chi connectivity index (χ3v) is 7.23. The molecule has 0 unspecified atom stereocenters. The molecule has 2 aromatic carbocycles. The molecule has 33 heavy (non-hydrogen) atoms. The van der Waals surface area contributed by atoms with Gasteiger partial charge in [0.1, 0.15) is 17.5 Å². The summed E-state index contributed by atoms with van der Waals surface area (Å²) < 4.78 is 53.8.